The average Bonchev–Trinajstić information content (AvgIpc) is 2.69. The van der Waals surface area contributed by atoms with E-state index >= 15 is 0 Å². The molecule has 0 aromatic rings. The zero-order chi connectivity index (χ0) is 10.7. The molecule has 3 N–H and O–H groups in total. The van der Waals surface area contributed by atoms with Crippen LogP contribution in [0.1, 0.15) is 32.1 Å². The molecule has 1 aliphatic carbocycles. The molecule has 15 heavy (non-hydrogen) atoms. The highest BCUT2D eigenvalue weighted by atomic mass is 16.1. The van der Waals surface area contributed by atoms with Crippen molar-refractivity contribution >= 4 is 5.91 Å². The number of amides is 1. The molecule has 2 fully saturated rings. The Bertz CT molecular complexity index is 269. The molecule has 1 saturated heterocycles. The summed E-state index contributed by atoms with van der Waals surface area (Å²) in [5.41, 5.74) is 6.34. The second kappa shape index (κ2) is 4.66. The van der Waals surface area contributed by atoms with E-state index in [4.69, 9.17) is 5.73 Å². The summed E-state index contributed by atoms with van der Waals surface area (Å²) in [6.45, 7) is 1.67. The van der Waals surface area contributed by atoms with Crippen molar-refractivity contribution in [2.45, 2.75) is 38.1 Å². The predicted molar refractivity (Wildman–Crippen MR) is 58.9 cm³/mol. The molecule has 0 atom stereocenters. The van der Waals surface area contributed by atoms with Crippen molar-refractivity contribution < 1.29 is 4.79 Å². The van der Waals surface area contributed by atoms with Gasteiger partial charge in [0.15, 0.2) is 0 Å². The quantitative estimate of drug-likeness (QED) is 0.663. The van der Waals surface area contributed by atoms with Gasteiger partial charge in [-0.15, -0.1) is 0 Å². The molecule has 4 nitrogen and oxygen atoms in total. The van der Waals surface area contributed by atoms with Gasteiger partial charge in [0.1, 0.15) is 0 Å². The fourth-order valence-corrected chi connectivity index (χ4v) is 2.50. The van der Waals surface area contributed by atoms with Crippen LogP contribution in [0.5, 0.6) is 0 Å². The molecular formula is C11H19N3O. The number of hydrogen-bond acceptors (Lipinski definition) is 3. The maximum Gasteiger partial charge on any atom is 0.225 e. The lowest BCUT2D eigenvalue weighted by atomic mass is 10.2. The molecule has 2 aliphatic rings. The first-order valence-electron chi connectivity index (χ1n) is 5.74. The molecule has 0 aromatic heterocycles. The zero-order valence-corrected chi connectivity index (χ0v) is 9.04. The van der Waals surface area contributed by atoms with Gasteiger partial charge in [0, 0.05) is 37.4 Å². The van der Waals surface area contributed by atoms with Gasteiger partial charge in [-0.25, -0.2) is 0 Å². The van der Waals surface area contributed by atoms with Gasteiger partial charge in [-0.1, -0.05) is 12.8 Å². The maximum absolute atomic E-state index is 11.4. The van der Waals surface area contributed by atoms with E-state index in [1.165, 1.54) is 31.9 Å². The zero-order valence-electron chi connectivity index (χ0n) is 9.04. The lowest BCUT2D eigenvalue weighted by Gasteiger charge is -2.26. The lowest BCUT2D eigenvalue weighted by molar-refractivity contribution is -0.120. The number of hydrogen-bond donors (Lipinski definition) is 2. The van der Waals surface area contributed by atoms with E-state index in [-0.39, 0.29) is 5.91 Å². The van der Waals surface area contributed by atoms with Crippen molar-refractivity contribution in [2.24, 2.45) is 5.73 Å². The van der Waals surface area contributed by atoms with Crippen LogP contribution in [0.25, 0.3) is 0 Å². The van der Waals surface area contributed by atoms with Gasteiger partial charge in [-0.3, -0.25) is 9.69 Å². The van der Waals surface area contributed by atoms with Crippen LogP contribution < -0.4 is 11.1 Å². The van der Waals surface area contributed by atoms with E-state index in [1.807, 2.05) is 0 Å². The molecule has 2 rings (SSSR count). The number of nitrogens with one attached hydrogen (secondary N) is 1. The summed E-state index contributed by atoms with van der Waals surface area (Å²) in [5.74, 6) is 0.0900. The first-order chi connectivity index (χ1) is 7.29. The SMILES string of the molecule is N/C=C1\CN(C2CCCC2)CCC(=O)N1. The Kier molecular flexibility index (Phi) is 3.26. The number of carbonyl (C=O) groups is 1. The summed E-state index contributed by atoms with van der Waals surface area (Å²) < 4.78 is 0. The monoisotopic (exact) mass is 209 g/mol. The largest absolute Gasteiger partial charge is 0.403 e. The molecule has 4 heteroatoms. The average molecular weight is 209 g/mol. The third-order valence-corrected chi connectivity index (χ3v) is 3.34. The highest BCUT2D eigenvalue weighted by molar-refractivity contribution is 5.78. The number of carbonyl (C=O) groups excluding carboxylic acids is 1. The van der Waals surface area contributed by atoms with Gasteiger partial charge in [0.05, 0.1) is 0 Å². The third-order valence-electron chi connectivity index (χ3n) is 3.34. The molecular weight excluding hydrogens is 190 g/mol. The van der Waals surface area contributed by atoms with E-state index in [0.717, 1.165) is 18.8 Å². The fourth-order valence-electron chi connectivity index (χ4n) is 2.50. The number of nitrogens with two attached hydrogens (primary N) is 1. The molecule has 1 heterocycles. The molecule has 1 saturated carbocycles. The molecule has 0 spiro atoms. The van der Waals surface area contributed by atoms with E-state index in [2.05, 4.69) is 10.2 Å². The molecule has 0 radical (unpaired) electrons. The third kappa shape index (κ3) is 2.50. The standard InChI is InChI=1S/C11H19N3O/c12-7-9-8-14(6-5-11(15)13-9)10-3-1-2-4-10/h7,10H,1-6,8,12H2,(H,13,15)/b9-7+. The molecule has 0 unspecified atom stereocenters. The highest BCUT2D eigenvalue weighted by Crippen LogP contribution is 2.24. The Hall–Kier alpha value is -1.03. The number of nitrogens with zero attached hydrogens (tertiary/aromatic N) is 1. The van der Waals surface area contributed by atoms with Crippen molar-refractivity contribution in [1.29, 1.82) is 0 Å². The minimum atomic E-state index is 0.0900. The normalized spacial score (nSPS) is 28.0. The summed E-state index contributed by atoms with van der Waals surface area (Å²) in [6, 6.07) is 0.660. The molecule has 1 aliphatic heterocycles. The van der Waals surface area contributed by atoms with Crippen LogP contribution in [0.4, 0.5) is 0 Å². The van der Waals surface area contributed by atoms with Crippen LogP contribution in [-0.4, -0.2) is 29.9 Å². The Morgan fingerprint density at radius 3 is 2.80 bits per heavy atom. The van der Waals surface area contributed by atoms with Gasteiger partial charge >= 0.3 is 0 Å². The van der Waals surface area contributed by atoms with Crippen LogP contribution in [0.15, 0.2) is 11.9 Å². The fraction of sp³-hybridized carbons (Fsp3) is 0.727. The van der Waals surface area contributed by atoms with E-state index in [0.29, 0.717) is 12.5 Å². The Morgan fingerprint density at radius 1 is 1.40 bits per heavy atom. The van der Waals surface area contributed by atoms with Crippen LogP contribution >= 0.6 is 0 Å². The van der Waals surface area contributed by atoms with E-state index in [9.17, 15) is 4.79 Å². The minimum Gasteiger partial charge on any atom is -0.403 e. The summed E-state index contributed by atoms with van der Waals surface area (Å²) in [7, 11) is 0. The molecule has 84 valence electrons. The van der Waals surface area contributed by atoms with Crippen molar-refractivity contribution in [3.05, 3.63) is 11.9 Å². The highest BCUT2D eigenvalue weighted by Gasteiger charge is 2.25. The molecule has 1 amide bonds. The van der Waals surface area contributed by atoms with E-state index < -0.39 is 0 Å². The Labute approximate surface area is 90.5 Å². The summed E-state index contributed by atoms with van der Waals surface area (Å²) >= 11 is 0. The predicted octanol–water partition coefficient (Wildman–Crippen LogP) is 0.551. The van der Waals surface area contributed by atoms with Crippen molar-refractivity contribution in [1.82, 2.24) is 10.2 Å². The van der Waals surface area contributed by atoms with Gasteiger partial charge in [-0.2, -0.15) is 0 Å². The van der Waals surface area contributed by atoms with Crippen molar-refractivity contribution in [2.75, 3.05) is 13.1 Å². The second-order valence-corrected chi connectivity index (χ2v) is 4.40. The van der Waals surface area contributed by atoms with Gasteiger partial charge < -0.3 is 11.1 Å². The summed E-state index contributed by atoms with van der Waals surface area (Å²) in [5, 5.41) is 2.84. The van der Waals surface area contributed by atoms with Crippen LogP contribution in [0, 0.1) is 0 Å². The summed E-state index contributed by atoms with van der Waals surface area (Å²) in [4.78, 5) is 13.8. The first kappa shape index (κ1) is 10.5. The maximum atomic E-state index is 11.4. The minimum absolute atomic E-state index is 0.0900. The Balaban J connectivity index is 2.02. The number of rotatable bonds is 1. The van der Waals surface area contributed by atoms with Gasteiger partial charge in [0.2, 0.25) is 5.91 Å². The van der Waals surface area contributed by atoms with Gasteiger partial charge in [-0.05, 0) is 12.8 Å². The van der Waals surface area contributed by atoms with Crippen molar-refractivity contribution in [3.8, 4) is 0 Å². The van der Waals surface area contributed by atoms with Crippen molar-refractivity contribution in [3.63, 3.8) is 0 Å². The first-order valence-corrected chi connectivity index (χ1v) is 5.74. The van der Waals surface area contributed by atoms with Gasteiger partial charge in [0.25, 0.3) is 0 Å². The Morgan fingerprint density at radius 2 is 2.13 bits per heavy atom. The van der Waals surface area contributed by atoms with Crippen LogP contribution in [0.2, 0.25) is 0 Å². The smallest absolute Gasteiger partial charge is 0.225 e. The van der Waals surface area contributed by atoms with E-state index in [1.54, 1.807) is 0 Å². The summed E-state index contributed by atoms with van der Waals surface area (Å²) in [6.07, 6.45) is 7.30. The second-order valence-electron chi connectivity index (χ2n) is 4.40. The molecule has 0 bridgehead atoms. The lowest BCUT2D eigenvalue weighted by Crippen LogP contribution is -2.35. The van der Waals surface area contributed by atoms with Crippen LogP contribution in [0.3, 0.4) is 0 Å². The van der Waals surface area contributed by atoms with Crippen LogP contribution in [-0.2, 0) is 4.79 Å². The topological polar surface area (TPSA) is 58.4 Å². The molecule has 0 aromatic carbocycles.